The van der Waals surface area contributed by atoms with Crippen LogP contribution >= 0.6 is 0 Å². The van der Waals surface area contributed by atoms with Gasteiger partial charge in [-0.2, -0.15) is 0 Å². The van der Waals surface area contributed by atoms with Gasteiger partial charge in [0.15, 0.2) is 9.84 Å². The number of carbonyl (C=O) groups is 1. The fourth-order valence-corrected chi connectivity index (χ4v) is 4.88. The molecule has 6 nitrogen and oxygen atoms in total. The number of rotatable bonds is 7. The van der Waals surface area contributed by atoms with E-state index in [0.29, 0.717) is 19.6 Å². The van der Waals surface area contributed by atoms with Crippen LogP contribution in [0.1, 0.15) is 22.7 Å². The first-order valence-electron chi connectivity index (χ1n) is 9.84. The molecule has 2 aromatic carbocycles. The van der Waals surface area contributed by atoms with Crippen LogP contribution in [0.15, 0.2) is 54.6 Å². The molecule has 1 N–H and O–H groups in total. The summed E-state index contributed by atoms with van der Waals surface area (Å²) in [6, 6.07) is 17.2. The van der Waals surface area contributed by atoms with E-state index in [4.69, 9.17) is 0 Å². The number of hydrogen-bond donors (Lipinski definition) is 1. The highest BCUT2D eigenvalue weighted by molar-refractivity contribution is 7.91. The van der Waals surface area contributed by atoms with E-state index >= 15 is 0 Å². The Morgan fingerprint density at radius 3 is 2.21 bits per heavy atom. The molecule has 1 amide bonds. The van der Waals surface area contributed by atoms with Crippen LogP contribution in [0.25, 0.3) is 0 Å². The Kier molecular flexibility index (Phi) is 7.05. The SMILES string of the molecule is CN(C)Cc1ccccc1CNC(=O)C(c1ccccc1)N1CCS(=O)(=O)CC1. The molecule has 156 valence electrons. The van der Waals surface area contributed by atoms with Gasteiger partial charge in [-0.1, -0.05) is 54.6 Å². The van der Waals surface area contributed by atoms with Crippen molar-refractivity contribution in [2.75, 3.05) is 38.7 Å². The molecule has 0 aromatic heterocycles. The number of nitrogens with one attached hydrogen (secondary N) is 1. The Bertz CT molecular complexity index is 915. The summed E-state index contributed by atoms with van der Waals surface area (Å²) in [7, 11) is 1.03. The first-order valence-corrected chi connectivity index (χ1v) is 11.7. The zero-order chi connectivity index (χ0) is 20.9. The molecule has 1 saturated heterocycles. The van der Waals surface area contributed by atoms with E-state index in [1.54, 1.807) is 0 Å². The molecule has 29 heavy (non-hydrogen) atoms. The number of hydrogen-bond acceptors (Lipinski definition) is 5. The fraction of sp³-hybridized carbons (Fsp3) is 0.409. The minimum absolute atomic E-state index is 0.0925. The quantitative estimate of drug-likeness (QED) is 0.747. The normalized spacial score (nSPS) is 17.8. The van der Waals surface area contributed by atoms with Gasteiger partial charge < -0.3 is 10.2 Å². The van der Waals surface area contributed by atoms with Crippen molar-refractivity contribution in [2.24, 2.45) is 0 Å². The molecule has 0 radical (unpaired) electrons. The molecule has 1 heterocycles. The molecule has 0 bridgehead atoms. The van der Waals surface area contributed by atoms with Gasteiger partial charge in [-0.3, -0.25) is 9.69 Å². The maximum absolute atomic E-state index is 13.2. The molecule has 1 atom stereocenters. The lowest BCUT2D eigenvalue weighted by Gasteiger charge is -2.33. The highest BCUT2D eigenvalue weighted by atomic mass is 32.2. The molecular formula is C22H29N3O3S. The van der Waals surface area contributed by atoms with Crippen molar-refractivity contribution in [1.29, 1.82) is 0 Å². The van der Waals surface area contributed by atoms with Crippen molar-refractivity contribution in [2.45, 2.75) is 19.1 Å². The van der Waals surface area contributed by atoms with E-state index < -0.39 is 15.9 Å². The Labute approximate surface area is 173 Å². The van der Waals surface area contributed by atoms with E-state index in [1.807, 2.05) is 67.5 Å². The standard InChI is InChI=1S/C22H29N3O3S/c1-24(2)17-20-11-7-6-10-19(20)16-23-22(26)21(18-8-4-3-5-9-18)25-12-14-29(27,28)15-13-25/h3-11,21H,12-17H2,1-2H3,(H,23,26). The van der Waals surface area contributed by atoms with Crippen LogP contribution < -0.4 is 5.32 Å². The van der Waals surface area contributed by atoms with Crippen LogP contribution in [0.2, 0.25) is 0 Å². The van der Waals surface area contributed by atoms with Crippen LogP contribution in [-0.4, -0.2) is 62.8 Å². The van der Waals surface area contributed by atoms with Gasteiger partial charge in [0.2, 0.25) is 5.91 Å². The van der Waals surface area contributed by atoms with E-state index in [-0.39, 0.29) is 17.4 Å². The molecule has 0 aliphatic carbocycles. The zero-order valence-corrected chi connectivity index (χ0v) is 17.9. The summed E-state index contributed by atoms with van der Waals surface area (Å²) >= 11 is 0. The number of amides is 1. The van der Waals surface area contributed by atoms with Crippen LogP contribution in [0.3, 0.4) is 0 Å². The van der Waals surface area contributed by atoms with Crippen molar-refractivity contribution < 1.29 is 13.2 Å². The predicted molar refractivity (Wildman–Crippen MR) is 115 cm³/mol. The Hall–Kier alpha value is -2.22. The van der Waals surface area contributed by atoms with Gasteiger partial charge >= 0.3 is 0 Å². The van der Waals surface area contributed by atoms with Crippen LogP contribution in [0.5, 0.6) is 0 Å². The topological polar surface area (TPSA) is 69.7 Å². The van der Waals surface area contributed by atoms with Gasteiger partial charge in [0.25, 0.3) is 0 Å². The van der Waals surface area contributed by atoms with Crippen LogP contribution in [0, 0.1) is 0 Å². The Morgan fingerprint density at radius 2 is 1.59 bits per heavy atom. The number of sulfone groups is 1. The van der Waals surface area contributed by atoms with E-state index in [0.717, 1.165) is 17.7 Å². The van der Waals surface area contributed by atoms with Crippen molar-refractivity contribution in [3.8, 4) is 0 Å². The Balaban J connectivity index is 1.76. The molecule has 7 heteroatoms. The number of carbonyl (C=O) groups excluding carboxylic acids is 1. The number of benzene rings is 2. The average molecular weight is 416 g/mol. The molecular weight excluding hydrogens is 386 g/mol. The molecule has 1 aliphatic rings. The largest absolute Gasteiger partial charge is 0.350 e. The number of nitrogens with zero attached hydrogens (tertiary/aromatic N) is 2. The van der Waals surface area contributed by atoms with E-state index in [1.165, 1.54) is 5.56 Å². The molecule has 1 aliphatic heterocycles. The molecule has 0 saturated carbocycles. The Morgan fingerprint density at radius 1 is 1.00 bits per heavy atom. The summed E-state index contributed by atoms with van der Waals surface area (Å²) in [6.07, 6.45) is 0. The smallest absolute Gasteiger partial charge is 0.242 e. The maximum atomic E-state index is 13.2. The monoisotopic (exact) mass is 415 g/mol. The lowest BCUT2D eigenvalue weighted by Crippen LogP contribution is -2.47. The van der Waals surface area contributed by atoms with Crippen molar-refractivity contribution in [3.05, 3.63) is 71.3 Å². The molecule has 3 rings (SSSR count). The summed E-state index contributed by atoms with van der Waals surface area (Å²) in [4.78, 5) is 17.3. The molecule has 0 spiro atoms. The molecule has 1 unspecified atom stereocenters. The second-order valence-electron chi connectivity index (χ2n) is 7.73. The third-order valence-electron chi connectivity index (χ3n) is 5.17. The zero-order valence-electron chi connectivity index (χ0n) is 17.0. The summed E-state index contributed by atoms with van der Waals surface area (Å²) in [5.74, 6) is 0.0834. The first-order chi connectivity index (χ1) is 13.9. The van der Waals surface area contributed by atoms with Gasteiger partial charge in [0, 0.05) is 26.2 Å². The summed E-state index contributed by atoms with van der Waals surface area (Å²) in [5.41, 5.74) is 3.14. The second kappa shape index (κ2) is 9.52. The third-order valence-corrected chi connectivity index (χ3v) is 6.78. The highest BCUT2D eigenvalue weighted by Gasteiger charge is 2.32. The molecule has 1 fully saturated rings. The van der Waals surface area contributed by atoms with Gasteiger partial charge in [-0.15, -0.1) is 0 Å². The summed E-state index contributed by atoms with van der Waals surface area (Å²) in [5, 5.41) is 3.08. The lowest BCUT2D eigenvalue weighted by atomic mass is 10.0. The highest BCUT2D eigenvalue weighted by Crippen LogP contribution is 2.23. The van der Waals surface area contributed by atoms with Crippen LogP contribution in [0.4, 0.5) is 0 Å². The van der Waals surface area contributed by atoms with Crippen molar-refractivity contribution in [3.63, 3.8) is 0 Å². The maximum Gasteiger partial charge on any atom is 0.242 e. The van der Waals surface area contributed by atoms with E-state index in [2.05, 4.69) is 16.3 Å². The predicted octanol–water partition coefficient (Wildman–Crippen LogP) is 1.84. The van der Waals surface area contributed by atoms with E-state index in [9.17, 15) is 13.2 Å². The minimum Gasteiger partial charge on any atom is -0.350 e. The minimum atomic E-state index is -3.01. The van der Waals surface area contributed by atoms with Gasteiger partial charge in [0.05, 0.1) is 11.5 Å². The first kappa shape index (κ1) is 21.5. The average Bonchev–Trinajstić information content (AvgIpc) is 2.69. The van der Waals surface area contributed by atoms with Gasteiger partial charge in [-0.25, -0.2) is 8.42 Å². The summed E-state index contributed by atoms with van der Waals surface area (Å²) in [6.45, 7) is 1.98. The second-order valence-corrected chi connectivity index (χ2v) is 10.0. The lowest BCUT2D eigenvalue weighted by molar-refractivity contribution is -0.126. The third kappa shape index (κ3) is 5.88. The fourth-order valence-electron chi connectivity index (χ4n) is 3.65. The van der Waals surface area contributed by atoms with Crippen LogP contribution in [-0.2, 0) is 27.7 Å². The van der Waals surface area contributed by atoms with Crippen molar-refractivity contribution in [1.82, 2.24) is 15.1 Å². The van der Waals surface area contributed by atoms with Gasteiger partial charge in [0.1, 0.15) is 6.04 Å². The molecule has 2 aromatic rings. The summed E-state index contributed by atoms with van der Waals surface area (Å²) < 4.78 is 23.7. The van der Waals surface area contributed by atoms with Gasteiger partial charge in [-0.05, 0) is 30.8 Å². The van der Waals surface area contributed by atoms with Crippen molar-refractivity contribution >= 4 is 15.7 Å².